The quantitative estimate of drug-likeness (QED) is 0.776. The van der Waals surface area contributed by atoms with E-state index in [9.17, 15) is 9.59 Å². The van der Waals surface area contributed by atoms with E-state index >= 15 is 0 Å². The molecule has 0 bridgehead atoms. The van der Waals surface area contributed by atoms with Gasteiger partial charge >= 0.3 is 0 Å². The van der Waals surface area contributed by atoms with Gasteiger partial charge in [0.15, 0.2) is 4.34 Å². The van der Waals surface area contributed by atoms with Crippen LogP contribution in [0.15, 0.2) is 27.5 Å². The molecule has 0 atom stereocenters. The molecule has 24 heavy (non-hydrogen) atoms. The standard InChI is InChI=1S/C15H19N5O2S2/c16-14-18-19-15(24-14)23-9-13(22)20-5-3-10(4-6-20)7-11-1-2-12(21)17-8-11/h1-2,8,10H,3-7,9H2,(H2,16,18)(H,17,21). The Morgan fingerprint density at radius 1 is 1.38 bits per heavy atom. The molecule has 0 unspecified atom stereocenters. The molecular formula is C15H19N5O2S2. The van der Waals surface area contributed by atoms with Crippen LogP contribution in [0.2, 0.25) is 0 Å². The first-order valence-corrected chi connectivity index (χ1v) is 9.57. The predicted octanol–water partition coefficient (Wildman–Crippen LogP) is 1.38. The number of carbonyl (C=O) groups excluding carboxylic acids is 1. The number of aromatic amines is 1. The minimum Gasteiger partial charge on any atom is -0.374 e. The molecule has 2 aromatic heterocycles. The molecule has 1 aliphatic heterocycles. The molecular weight excluding hydrogens is 346 g/mol. The summed E-state index contributed by atoms with van der Waals surface area (Å²) in [6.07, 6.45) is 4.70. The highest BCUT2D eigenvalue weighted by molar-refractivity contribution is 8.01. The molecule has 1 fully saturated rings. The van der Waals surface area contributed by atoms with Crippen LogP contribution in [0.1, 0.15) is 18.4 Å². The van der Waals surface area contributed by atoms with Crippen LogP contribution in [-0.4, -0.2) is 44.8 Å². The lowest BCUT2D eigenvalue weighted by Gasteiger charge is -2.32. The number of pyridine rings is 1. The number of hydrogen-bond acceptors (Lipinski definition) is 7. The molecule has 0 radical (unpaired) electrons. The third kappa shape index (κ3) is 4.57. The number of likely N-dealkylation sites (tertiary alicyclic amines) is 1. The molecule has 3 N–H and O–H groups in total. The van der Waals surface area contributed by atoms with Gasteiger partial charge in [-0.15, -0.1) is 10.2 Å². The highest BCUT2D eigenvalue weighted by Gasteiger charge is 2.23. The number of carbonyl (C=O) groups is 1. The molecule has 2 aromatic rings. The topological polar surface area (TPSA) is 105 Å². The fourth-order valence-electron chi connectivity index (χ4n) is 2.78. The zero-order chi connectivity index (χ0) is 16.9. The minimum atomic E-state index is -0.0751. The van der Waals surface area contributed by atoms with Gasteiger partial charge in [-0.25, -0.2) is 0 Å². The van der Waals surface area contributed by atoms with E-state index in [0.29, 0.717) is 16.8 Å². The maximum atomic E-state index is 12.3. The van der Waals surface area contributed by atoms with Crippen LogP contribution in [0.25, 0.3) is 0 Å². The van der Waals surface area contributed by atoms with Gasteiger partial charge < -0.3 is 15.6 Å². The number of nitrogens with zero attached hydrogens (tertiary/aromatic N) is 3. The fraction of sp³-hybridized carbons (Fsp3) is 0.467. The summed E-state index contributed by atoms with van der Waals surface area (Å²) in [5, 5.41) is 8.07. The van der Waals surface area contributed by atoms with E-state index in [0.717, 1.165) is 42.3 Å². The Labute approximate surface area is 147 Å². The van der Waals surface area contributed by atoms with Crippen LogP contribution in [0.4, 0.5) is 5.13 Å². The van der Waals surface area contributed by atoms with Crippen LogP contribution in [0.3, 0.4) is 0 Å². The van der Waals surface area contributed by atoms with Gasteiger partial charge in [0.1, 0.15) is 0 Å². The zero-order valence-electron chi connectivity index (χ0n) is 13.1. The average Bonchev–Trinajstić information content (AvgIpc) is 3.01. The van der Waals surface area contributed by atoms with Crippen molar-refractivity contribution in [2.75, 3.05) is 24.6 Å². The molecule has 0 aliphatic carbocycles. The van der Waals surface area contributed by atoms with Crippen LogP contribution >= 0.6 is 23.1 Å². The van der Waals surface area contributed by atoms with E-state index < -0.39 is 0 Å². The van der Waals surface area contributed by atoms with Gasteiger partial charge in [0.25, 0.3) is 0 Å². The third-order valence-electron chi connectivity index (χ3n) is 4.08. The van der Waals surface area contributed by atoms with E-state index in [1.807, 2.05) is 11.0 Å². The summed E-state index contributed by atoms with van der Waals surface area (Å²) in [7, 11) is 0. The molecule has 128 valence electrons. The summed E-state index contributed by atoms with van der Waals surface area (Å²) in [4.78, 5) is 28.0. The van der Waals surface area contributed by atoms with Gasteiger partial charge in [-0.1, -0.05) is 29.2 Å². The highest BCUT2D eigenvalue weighted by atomic mass is 32.2. The fourth-order valence-corrected chi connectivity index (χ4v) is 4.32. The monoisotopic (exact) mass is 365 g/mol. The number of H-pyrrole nitrogens is 1. The largest absolute Gasteiger partial charge is 0.374 e. The van der Waals surface area contributed by atoms with Crippen molar-refractivity contribution in [2.45, 2.75) is 23.6 Å². The van der Waals surface area contributed by atoms with Gasteiger partial charge in [0.05, 0.1) is 5.75 Å². The van der Waals surface area contributed by atoms with E-state index in [-0.39, 0.29) is 11.5 Å². The zero-order valence-corrected chi connectivity index (χ0v) is 14.7. The first-order chi connectivity index (χ1) is 11.6. The van der Waals surface area contributed by atoms with Crippen LogP contribution in [0.5, 0.6) is 0 Å². The second-order valence-corrected chi connectivity index (χ2v) is 8.02. The second-order valence-electron chi connectivity index (χ2n) is 5.78. The van der Waals surface area contributed by atoms with Crippen LogP contribution in [0, 0.1) is 5.92 Å². The van der Waals surface area contributed by atoms with E-state index in [2.05, 4.69) is 15.2 Å². The molecule has 0 spiro atoms. The summed E-state index contributed by atoms with van der Waals surface area (Å²) in [5.74, 6) is 1.06. The number of thioether (sulfide) groups is 1. The van der Waals surface area contributed by atoms with Gasteiger partial charge in [-0.2, -0.15) is 0 Å². The van der Waals surface area contributed by atoms with E-state index in [1.165, 1.54) is 23.1 Å². The maximum Gasteiger partial charge on any atom is 0.247 e. The SMILES string of the molecule is Nc1nnc(SCC(=O)N2CCC(Cc3ccc(=O)[nH]c3)CC2)s1. The summed E-state index contributed by atoms with van der Waals surface area (Å²) in [6, 6.07) is 3.44. The van der Waals surface area contributed by atoms with Gasteiger partial charge in [-0.3, -0.25) is 9.59 Å². The van der Waals surface area contributed by atoms with Crippen molar-refractivity contribution in [3.8, 4) is 0 Å². The lowest BCUT2D eigenvalue weighted by molar-refractivity contribution is -0.129. The van der Waals surface area contributed by atoms with Crippen molar-refractivity contribution < 1.29 is 4.79 Å². The molecule has 1 saturated heterocycles. The molecule has 0 aromatic carbocycles. The third-order valence-corrected chi connectivity index (χ3v) is 5.95. The highest BCUT2D eigenvalue weighted by Crippen LogP contribution is 2.25. The predicted molar refractivity (Wildman–Crippen MR) is 95.1 cm³/mol. The van der Waals surface area contributed by atoms with Crippen LogP contribution in [-0.2, 0) is 11.2 Å². The maximum absolute atomic E-state index is 12.3. The molecule has 9 heteroatoms. The van der Waals surface area contributed by atoms with Crippen molar-refractivity contribution in [1.82, 2.24) is 20.1 Å². The average molecular weight is 365 g/mol. The number of rotatable bonds is 5. The van der Waals surface area contributed by atoms with Gasteiger partial charge in [-0.05, 0) is 30.7 Å². The van der Waals surface area contributed by atoms with Crippen molar-refractivity contribution in [2.24, 2.45) is 5.92 Å². The molecule has 3 rings (SSSR count). The number of hydrogen-bond donors (Lipinski definition) is 2. The van der Waals surface area contributed by atoms with E-state index in [1.54, 1.807) is 12.3 Å². The Kier molecular flexibility index (Phi) is 5.52. The number of amides is 1. The Morgan fingerprint density at radius 2 is 2.17 bits per heavy atom. The molecule has 1 amide bonds. The first-order valence-electron chi connectivity index (χ1n) is 7.77. The first kappa shape index (κ1) is 17.0. The van der Waals surface area contributed by atoms with E-state index in [4.69, 9.17) is 5.73 Å². The number of aromatic nitrogens is 3. The van der Waals surface area contributed by atoms with Gasteiger partial charge in [0.2, 0.25) is 16.6 Å². The Bertz CT molecular complexity index is 732. The van der Waals surface area contributed by atoms with Crippen LogP contribution < -0.4 is 11.3 Å². The Hall–Kier alpha value is -1.87. The Morgan fingerprint density at radius 3 is 2.79 bits per heavy atom. The van der Waals surface area contributed by atoms with Gasteiger partial charge in [0, 0.05) is 25.4 Å². The second kappa shape index (κ2) is 7.80. The Balaban J connectivity index is 1.43. The summed E-state index contributed by atoms with van der Waals surface area (Å²) in [5.41, 5.74) is 6.60. The van der Waals surface area contributed by atoms with Crippen molar-refractivity contribution in [3.63, 3.8) is 0 Å². The summed E-state index contributed by atoms with van der Waals surface area (Å²) < 4.78 is 0.730. The number of anilines is 1. The molecule has 0 saturated carbocycles. The molecule has 1 aliphatic rings. The lowest BCUT2D eigenvalue weighted by atomic mass is 9.91. The number of nitrogens with one attached hydrogen (secondary N) is 1. The normalized spacial score (nSPS) is 15.6. The number of piperidine rings is 1. The number of nitrogens with two attached hydrogens (primary N) is 1. The van der Waals surface area contributed by atoms with Crippen molar-refractivity contribution in [3.05, 3.63) is 34.2 Å². The summed E-state index contributed by atoms with van der Waals surface area (Å²) >= 11 is 2.69. The molecule has 3 heterocycles. The smallest absolute Gasteiger partial charge is 0.247 e. The number of nitrogen functional groups attached to an aromatic ring is 1. The molecule has 7 nitrogen and oxygen atoms in total. The lowest BCUT2D eigenvalue weighted by Crippen LogP contribution is -2.39. The summed E-state index contributed by atoms with van der Waals surface area (Å²) in [6.45, 7) is 1.57. The van der Waals surface area contributed by atoms with Crippen molar-refractivity contribution >= 4 is 34.1 Å². The minimum absolute atomic E-state index is 0.0751. The van der Waals surface area contributed by atoms with Crippen molar-refractivity contribution in [1.29, 1.82) is 0 Å².